The van der Waals surface area contributed by atoms with E-state index in [0.29, 0.717) is 31.4 Å². The third-order valence-electron chi connectivity index (χ3n) is 3.71. The van der Waals surface area contributed by atoms with Crippen molar-refractivity contribution in [3.63, 3.8) is 0 Å². The first kappa shape index (κ1) is 16.1. The monoisotopic (exact) mass is 321 g/mol. The number of rotatable bonds is 4. The molecule has 21 heavy (non-hydrogen) atoms. The Morgan fingerprint density at radius 2 is 1.95 bits per heavy atom. The second kappa shape index (κ2) is 5.51. The van der Waals surface area contributed by atoms with Crippen LogP contribution < -0.4 is 9.46 Å². The Kier molecular flexibility index (Phi) is 4.23. The second-order valence-corrected chi connectivity index (χ2v) is 7.06. The van der Waals surface area contributed by atoms with E-state index in [1.807, 2.05) is 0 Å². The lowest BCUT2D eigenvalue weighted by molar-refractivity contribution is 0.0466. The minimum Gasteiger partial charge on any atom is -0.491 e. The number of aliphatic hydroxyl groups is 1. The van der Waals surface area contributed by atoms with Crippen molar-refractivity contribution in [1.82, 2.24) is 4.72 Å². The largest absolute Gasteiger partial charge is 0.491 e. The molecule has 2 unspecified atom stereocenters. The number of nitrogens with one attached hydrogen (secondary N) is 1. The molecule has 8 heteroatoms. The minimum absolute atomic E-state index is 0.464. The fraction of sp³-hybridized carbons (Fsp3) is 0.538. The lowest BCUT2D eigenvalue weighted by atomic mass is 10.0. The van der Waals surface area contributed by atoms with Gasteiger partial charge in [0.2, 0.25) is 10.0 Å². The van der Waals surface area contributed by atoms with E-state index in [9.17, 15) is 22.3 Å². The molecule has 2 atom stereocenters. The summed E-state index contributed by atoms with van der Waals surface area (Å²) in [7, 11) is -3.04. The van der Waals surface area contributed by atoms with Crippen LogP contribution in [-0.4, -0.2) is 32.3 Å². The van der Waals surface area contributed by atoms with Gasteiger partial charge in [-0.2, -0.15) is 0 Å². The van der Waals surface area contributed by atoms with Crippen molar-refractivity contribution in [2.24, 2.45) is 0 Å². The summed E-state index contributed by atoms with van der Waals surface area (Å²) in [5, 5.41) is 10.1. The summed E-state index contributed by atoms with van der Waals surface area (Å²) in [6.07, 6.45) is 1.60. The molecule has 0 aliphatic heterocycles. The maximum Gasteiger partial charge on any atom is 0.241 e. The number of halogens is 2. The van der Waals surface area contributed by atoms with Crippen LogP contribution in [0.1, 0.15) is 26.2 Å². The van der Waals surface area contributed by atoms with Crippen LogP contribution in [0.15, 0.2) is 17.0 Å². The van der Waals surface area contributed by atoms with Gasteiger partial charge < -0.3 is 9.84 Å². The highest BCUT2D eigenvalue weighted by Gasteiger charge is 2.39. The zero-order chi connectivity index (χ0) is 15.8. The van der Waals surface area contributed by atoms with Crippen molar-refractivity contribution in [3.05, 3.63) is 23.8 Å². The van der Waals surface area contributed by atoms with E-state index in [2.05, 4.69) is 9.46 Å². The number of methoxy groups -OCH3 is 1. The molecular formula is C13H17F2NO4S. The highest BCUT2D eigenvalue weighted by molar-refractivity contribution is 7.89. The van der Waals surface area contributed by atoms with Crippen molar-refractivity contribution in [2.45, 2.75) is 42.7 Å². The molecule has 1 aliphatic carbocycles. The van der Waals surface area contributed by atoms with Crippen LogP contribution in [0.3, 0.4) is 0 Å². The van der Waals surface area contributed by atoms with Gasteiger partial charge in [-0.3, -0.25) is 0 Å². The van der Waals surface area contributed by atoms with E-state index in [1.165, 1.54) is 6.92 Å². The normalized spacial score (nSPS) is 26.0. The molecule has 0 heterocycles. The maximum atomic E-state index is 13.6. The average Bonchev–Trinajstić information content (AvgIpc) is 2.67. The van der Waals surface area contributed by atoms with Gasteiger partial charge in [0.25, 0.3) is 0 Å². The summed E-state index contributed by atoms with van der Waals surface area (Å²) in [6, 6.07) is 0.692. The Morgan fingerprint density at radius 1 is 1.38 bits per heavy atom. The first-order chi connectivity index (χ1) is 9.67. The van der Waals surface area contributed by atoms with Gasteiger partial charge in [0, 0.05) is 0 Å². The summed E-state index contributed by atoms with van der Waals surface area (Å²) in [5.41, 5.74) is -1.17. The molecule has 0 amide bonds. The molecule has 2 N–H and O–H groups in total. The van der Waals surface area contributed by atoms with Gasteiger partial charge in [0.1, 0.15) is 0 Å². The lowest BCUT2D eigenvalue weighted by Crippen LogP contribution is -2.47. The van der Waals surface area contributed by atoms with Gasteiger partial charge >= 0.3 is 0 Å². The van der Waals surface area contributed by atoms with Crippen LogP contribution in [0.4, 0.5) is 8.78 Å². The van der Waals surface area contributed by atoms with Crippen LogP contribution in [-0.2, 0) is 10.0 Å². The summed E-state index contributed by atoms with van der Waals surface area (Å²) in [6.45, 7) is 1.53. The zero-order valence-electron chi connectivity index (χ0n) is 11.7. The minimum atomic E-state index is -4.13. The van der Waals surface area contributed by atoms with Crippen LogP contribution in [0, 0.1) is 11.6 Å². The Labute approximate surface area is 122 Å². The molecule has 1 saturated carbocycles. The standard InChI is InChI=1S/C13H17F2NO4S/c1-13(17)5-3-4-11(13)16-21(18,19)8-6-9(14)12(20-2)10(15)7-8/h6-7,11,16-17H,3-5H2,1-2H3. The zero-order valence-corrected chi connectivity index (χ0v) is 12.5. The number of hydrogen-bond donors (Lipinski definition) is 2. The molecule has 1 aliphatic rings. The second-order valence-electron chi connectivity index (χ2n) is 5.34. The molecule has 0 bridgehead atoms. The van der Waals surface area contributed by atoms with E-state index >= 15 is 0 Å². The molecule has 0 saturated heterocycles. The van der Waals surface area contributed by atoms with E-state index in [4.69, 9.17) is 0 Å². The van der Waals surface area contributed by atoms with E-state index in [-0.39, 0.29) is 0 Å². The highest BCUT2D eigenvalue weighted by Crippen LogP contribution is 2.31. The van der Waals surface area contributed by atoms with E-state index < -0.39 is 43.9 Å². The first-order valence-electron chi connectivity index (χ1n) is 6.45. The van der Waals surface area contributed by atoms with E-state index in [0.717, 1.165) is 7.11 Å². The molecule has 1 fully saturated rings. The van der Waals surface area contributed by atoms with Crippen molar-refractivity contribution >= 4 is 10.0 Å². The molecule has 1 aromatic rings. The van der Waals surface area contributed by atoms with Crippen molar-refractivity contribution in [2.75, 3.05) is 7.11 Å². The number of ether oxygens (including phenoxy) is 1. The van der Waals surface area contributed by atoms with Gasteiger partial charge in [-0.15, -0.1) is 0 Å². The highest BCUT2D eigenvalue weighted by atomic mass is 32.2. The molecule has 1 aromatic carbocycles. The molecule has 2 rings (SSSR count). The quantitative estimate of drug-likeness (QED) is 0.882. The summed E-state index contributed by atoms with van der Waals surface area (Å²) in [5.74, 6) is -2.84. The van der Waals surface area contributed by atoms with Crippen LogP contribution in [0.5, 0.6) is 5.75 Å². The average molecular weight is 321 g/mol. The smallest absolute Gasteiger partial charge is 0.241 e. The van der Waals surface area contributed by atoms with Gasteiger partial charge in [-0.05, 0) is 38.3 Å². The number of sulfonamides is 1. The summed E-state index contributed by atoms with van der Waals surface area (Å²) < 4.78 is 58.4. The van der Waals surface area contributed by atoms with Crippen molar-refractivity contribution in [1.29, 1.82) is 0 Å². The molecule has 5 nitrogen and oxygen atoms in total. The predicted molar refractivity (Wildman–Crippen MR) is 71.5 cm³/mol. The predicted octanol–water partition coefficient (Wildman–Crippen LogP) is 1.56. The molecule has 0 radical (unpaired) electrons. The summed E-state index contributed by atoms with van der Waals surface area (Å²) >= 11 is 0. The maximum absolute atomic E-state index is 13.6. The Hall–Kier alpha value is -1.25. The van der Waals surface area contributed by atoms with Gasteiger partial charge in [-0.1, -0.05) is 0 Å². The van der Waals surface area contributed by atoms with Crippen LogP contribution in [0.25, 0.3) is 0 Å². The molecule has 0 aromatic heterocycles. The third kappa shape index (κ3) is 3.17. The van der Waals surface area contributed by atoms with Crippen molar-refractivity contribution in [3.8, 4) is 5.75 Å². The molecular weight excluding hydrogens is 304 g/mol. The fourth-order valence-corrected chi connectivity index (χ4v) is 3.88. The number of hydrogen-bond acceptors (Lipinski definition) is 4. The fourth-order valence-electron chi connectivity index (χ4n) is 2.48. The van der Waals surface area contributed by atoms with Crippen molar-refractivity contribution < 1.29 is 27.0 Å². The Balaban J connectivity index is 2.32. The summed E-state index contributed by atoms with van der Waals surface area (Å²) in [4.78, 5) is -0.541. The third-order valence-corrected chi connectivity index (χ3v) is 5.16. The Morgan fingerprint density at radius 3 is 2.38 bits per heavy atom. The topological polar surface area (TPSA) is 75.6 Å². The van der Waals surface area contributed by atoms with Crippen LogP contribution in [0.2, 0.25) is 0 Å². The van der Waals surface area contributed by atoms with Gasteiger partial charge in [0.05, 0.1) is 23.6 Å². The van der Waals surface area contributed by atoms with Crippen LogP contribution >= 0.6 is 0 Å². The van der Waals surface area contributed by atoms with Gasteiger partial charge in [-0.25, -0.2) is 21.9 Å². The Bertz CT molecular complexity index is 623. The molecule has 118 valence electrons. The van der Waals surface area contributed by atoms with Gasteiger partial charge in [0.15, 0.2) is 17.4 Å². The number of benzene rings is 1. The molecule has 0 spiro atoms. The first-order valence-corrected chi connectivity index (χ1v) is 7.93. The lowest BCUT2D eigenvalue weighted by Gasteiger charge is -2.26. The van der Waals surface area contributed by atoms with E-state index in [1.54, 1.807) is 0 Å². The SMILES string of the molecule is COc1c(F)cc(S(=O)(=O)NC2CCCC2(C)O)cc1F.